The smallest absolute Gasteiger partial charge is 0.254 e. The second-order valence-corrected chi connectivity index (χ2v) is 8.97. The molecule has 9 nitrogen and oxygen atoms in total. The fraction of sp³-hybridized carbons (Fsp3) is 0.680. The molecule has 0 saturated carbocycles. The molecular formula is C25H40N4O5. The Labute approximate surface area is 203 Å². The molecule has 190 valence electrons. The number of piperidine rings is 1. The van der Waals surface area contributed by atoms with E-state index in [-0.39, 0.29) is 11.8 Å². The van der Waals surface area contributed by atoms with Crippen LogP contribution in [-0.2, 0) is 4.79 Å². The van der Waals surface area contributed by atoms with Crippen molar-refractivity contribution in [1.29, 1.82) is 0 Å². The Morgan fingerprint density at radius 1 is 1.00 bits per heavy atom. The van der Waals surface area contributed by atoms with E-state index < -0.39 is 0 Å². The zero-order valence-corrected chi connectivity index (χ0v) is 21.1. The summed E-state index contributed by atoms with van der Waals surface area (Å²) in [5, 5.41) is 3.27. The minimum atomic E-state index is -0.142. The van der Waals surface area contributed by atoms with E-state index in [4.69, 9.17) is 14.2 Å². The molecule has 34 heavy (non-hydrogen) atoms. The Hall–Kier alpha value is -2.52. The van der Waals surface area contributed by atoms with Crippen molar-refractivity contribution in [3.63, 3.8) is 0 Å². The number of carbonyl (C=O) groups excluding carboxylic acids is 2. The number of methoxy groups -OCH3 is 3. The lowest BCUT2D eigenvalue weighted by Crippen LogP contribution is -2.48. The van der Waals surface area contributed by atoms with Crippen LogP contribution in [0.3, 0.4) is 0 Å². The summed E-state index contributed by atoms with van der Waals surface area (Å²) in [6.07, 6.45) is 3.94. The molecule has 2 amide bonds. The van der Waals surface area contributed by atoms with Crippen LogP contribution in [-0.4, -0.2) is 106 Å². The maximum absolute atomic E-state index is 13.6. The van der Waals surface area contributed by atoms with E-state index in [1.165, 1.54) is 40.6 Å². The first-order valence-corrected chi connectivity index (χ1v) is 12.3. The quantitative estimate of drug-likeness (QED) is 0.552. The van der Waals surface area contributed by atoms with Gasteiger partial charge in [0, 0.05) is 63.8 Å². The van der Waals surface area contributed by atoms with Crippen LogP contribution in [0, 0.1) is 0 Å². The molecule has 2 aliphatic rings. The van der Waals surface area contributed by atoms with Gasteiger partial charge >= 0.3 is 0 Å². The Balaban J connectivity index is 1.76. The molecule has 2 heterocycles. The van der Waals surface area contributed by atoms with E-state index in [1.807, 2.05) is 4.90 Å². The molecule has 3 rings (SSSR count). The van der Waals surface area contributed by atoms with E-state index >= 15 is 0 Å². The number of rotatable bonds is 10. The SMILES string of the molecule is COc1cc(C(=O)N(CCC(=O)N2CCNCC2)CCN2CCCC[C@@H]2C)cc(OC)c1OC. The summed E-state index contributed by atoms with van der Waals surface area (Å²) in [6.45, 7) is 8.08. The summed E-state index contributed by atoms with van der Waals surface area (Å²) in [5.74, 6) is 1.27. The lowest BCUT2D eigenvalue weighted by Gasteiger charge is -2.35. The van der Waals surface area contributed by atoms with Gasteiger partial charge in [0.15, 0.2) is 11.5 Å². The van der Waals surface area contributed by atoms with Gasteiger partial charge in [-0.25, -0.2) is 0 Å². The molecule has 1 atom stereocenters. The van der Waals surface area contributed by atoms with Crippen LogP contribution < -0.4 is 19.5 Å². The maximum atomic E-state index is 13.6. The Kier molecular flexibility index (Phi) is 9.83. The predicted octanol–water partition coefficient (Wildman–Crippen LogP) is 1.85. The van der Waals surface area contributed by atoms with Gasteiger partial charge < -0.3 is 29.3 Å². The lowest BCUT2D eigenvalue weighted by atomic mass is 10.0. The molecule has 2 saturated heterocycles. The topological polar surface area (TPSA) is 83.6 Å². The molecule has 0 aromatic heterocycles. The summed E-state index contributed by atoms with van der Waals surface area (Å²) < 4.78 is 16.3. The van der Waals surface area contributed by atoms with Gasteiger partial charge in [0.2, 0.25) is 11.7 Å². The predicted molar refractivity (Wildman–Crippen MR) is 131 cm³/mol. The first-order chi connectivity index (χ1) is 16.5. The summed E-state index contributed by atoms with van der Waals surface area (Å²) in [5.41, 5.74) is 0.454. The highest BCUT2D eigenvalue weighted by Gasteiger charge is 2.25. The van der Waals surface area contributed by atoms with Gasteiger partial charge in [-0.1, -0.05) is 6.42 Å². The van der Waals surface area contributed by atoms with Crippen LogP contribution in [0.1, 0.15) is 43.0 Å². The molecule has 0 spiro atoms. The lowest BCUT2D eigenvalue weighted by molar-refractivity contribution is -0.131. The molecule has 2 fully saturated rings. The fourth-order valence-electron chi connectivity index (χ4n) is 4.74. The first kappa shape index (κ1) is 26.1. The number of piperazine rings is 1. The molecule has 0 unspecified atom stereocenters. The molecule has 1 aromatic rings. The minimum absolute atomic E-state index is 0.0931. The second kappa shape index (κ2) is 12.8. The maximum Gasteiger partial charge on any atom is 0.254 e. The molecule has 1 N–H and O–H groups in total. The third-order valence-corrected chi connectivity index (χ3v) is 6.86. The van der Waals surface area contributed by atoms with Gasteiger partial charge in [0.25, 0.3) is 5.91 Å². The van der Waals surface area contributed by atoms with Crippen LogP contribution in [0.5, 0.6) is 17.2 Å². The number of carbonyl (C=O) groups is 2. The van der Waals surface area contributed by atoms with Crippen LogP contribution in [0.4, 0.5) is 0 Å². The van der Waals surface area contributed by atoms with Crippen molar-refractivity contribution in [2.45, 2.75) is 38.6 Å². The zero-order chi connectivity index (χ0) is 24.5. The number of likely N-dealkylation sites (tertiary alicyclic amines) is 1. The molecule has 0 radical (unpaired) electrons. The Bertz CT molecular complexity index is 803. The van der Waals surface area contributed by atoms with Crippen LogP contribution in [0.25, 0.3) is 0 Å². The van der Waals surface area contributed by atoms with E-state index in [0.717, 1.165) is 26.2 Å². The number of benzene rings is 1. The molecule has 9 heteroatoms. The number of amides is 2. The zero-order valence-electron chi connectivity index (χ0n) is 21.1. The fourth-order valence-corrected chi connectivity index (χ4v) is 4.74. The minimum Gasteiger partial charge on any atom is -0.493 e. The van der Waals surface area contributed by atoms with E-state index in [0.29, 0.717) is 61.5 Å². The molecular weight excluding hydrogens is 436 g/mol. The molecule has 2 aliphatic heterocycles. The number of nitrogens with one attached hydrogen (secondary N) is 1. The van der Waals surface area contributed by atoms with Crippen molar-refractivity contribution in [2.24, 2.45) is 0 Å². The number of ether oxygens (including phenoxy) is 3. The second-order valence-electron chi connectivity index (χ2n) is 8.97. The summed E-state index contributed by atoms with van der Waals surface area (Å²) in [4.78, 5) is 32.6. The van der Waals surface area contributed by atoms with Gasteiger partial charge in [0.1, 0.15) is 0 Å². The summed E-state index contributed by atoms with van der Waals surface area (Å²) in [6, 6.07) is 3.87. The molecule has 0 aliphatic carbocycles. The average molecular weight is 477 g/mol. The summed E-state index contributed by atoms with van der Waals surface area (Å²) >= 11 is 0. The van der Waals surface area contributed by atoms with Gasteiger partial charge in [-0.15, -0.1) is 0 Å². The van der Waals surface area contributed by atoms with E-state index in [1.54, 1.807) is 17.0 Å². The van der Waals surface area contributed by atoms with Crippen molar-refractivity contribution in [2.75, 3.05) is 73.7 Å². The third kappa shape index (κ3) is 6.54. The number of hydrogen-bond donors (Lipinski definition) is 1. The largest absolute Gasteiger partial charge is 0.493 e. The van der Waals surface area contributed by atoms with Crippen LogP contribution in [0.15, 0.2) is 12.1 Å². The van der Waals surface area contributed by atoms with Gasteiger partial charge in [-0.05, 0) is 38.4 Å². The van der Waals surface area contributed by atoms with E-state index in [9.17, 15) is 9.59 Å². The van der Waals surface area contributed by atoms with Crippen LogP contribution >= 0.6 is 0 Å². The Morgan fingerprint density at radius 2 is 1.68 bits per heavy atom. The van der Waals surface area contributed by atoms with Crippen molar-refractivity contribution in [3.8, 4) is 17.2 Å². The highest BCUT2D eigenvalue weighted by Crippen LogP contribution is 2.38. The van der Waals surface area contributed by atoms with Crippen molar-refractivity contribution < 1.29 is 23.8 Å². The van der Waals surface area contributed by atoms with Gasteiger partial charge in [0.05, 0.1) is 21.3 Å². The van der Waals surface area contributed by atoms with Crippen LogP contribution in [0.2, 0.25) is 0 Å². The van der Waals surface area contributed by atoms with Gasteiger partial charge in [-0.2, -0.15) is 0 Å². The standard InChI is InChI=1S/C25H40N4O5/c1-19-7-5-6-11-27(19)15-16-29(12-8-23(30)28-13-9-26-10-14-28)25(31)20-17-21(32-2)24(34-4)22(18-20)33-3/h17-19,26H,5-16H2,1-4H3/t19-/m0/s1. The number of hydrogen-bond acceptors (Lipinski definition) is 7. The monoisotopic (exact) mass is 476 g/mol. The van der Waals surface area contributed by atoms with E-state index in [2.05, 4.69) is 17.1 Å². The molecule has 1 aromatic carbocycles. The average Bonchev–Trinajstić information content (AvgIpc) is 2.88. The Morgan fingerprint density at radius 3 is 2.26 bits per heavy atom. The summed E-state index contributed by atoms with van der Waals surface area (Å²) in [7, 11) is 4.61. The highest BCUT2D eigenvalue weighted by atomic mass is 16.5. The van der Waals surface area contributed by atoms with Crippen molar-refractivity contribution in [3.05, 3.63) is 17.7 Å². The normalized spacial score (nSPS) is 18.9. The molecule has 0 bridgehead atoms. The first-order valence-electron chi connectivity index (χ1n) is 12.3. The highest BCUT2D eigenvalue weighted by molar-refractivity contribution is 5.96. The van der Waals surface area contributed by atoms with Crippen molar-refractivity contribution in [1.82, 2.24) is 20.0 Å². The van der Waals surface area contributed by atoms with Gasteiger partial charge in [-0.3, -0.25) is 14.5 Å². The number of nitrogens with zero attached hydrogens (tertiary/aromatic N) is 3. The third-order valence-electron chi connectivity index (χ3n) is 6.86. The van der Waals surface area contributed by atoms with Crippen molar-refractivity contribution >= 4 is 11.8 Å².